The number of pyridine rings is 3. The summed E-state index contributed by atoms with van der Waals surface area (Å²) in [5, 5.41) is 2.47. The molecule has 0 unspecified atom stereocenters. The number of rotatable bonds is 5. The van der Waals surface area contributed by atoms with Crippen molar-refractivity contribution in [2.45, 2.75) is 44.8 Å². The van der Waals surface area contributed by atoms with Crippen molar-refractivity contribution in [3.63, 3.8) is 0 Å². The minimum atomic E-state index is -0.607. The average molecular weight is 451 g/mol. The number of nitrogens with zero attached hydrogens (tertiary/aromatic N) is 4. The molecule has 3 aromatic heterocycles. The van der Waals surface area contributed by atoms with Crippen LogP contribution in [-0.2, 0) is 13.0 Å². The first-order valence-corrected chi connectivity index (χ1v) is 11.4. The van der Waals surface area contributed by atoms with Crippen LogP contribution in [0.1, 0.15) is 41.4 Å². The number of aromatic amines is 1. The van der Waals surface area contributed by atoms with Gasteiger partial charge in [-0.05, 0) is 49.1 Å². The summed E-state index contributed by atoms with van der Waals surface area (Å²) in [7, 11) is 1.50. The Labute approximate surface area is 190 Å². The van der Waals surface area contributed by atoms with Crippen LogP contribution >= 0.6 is 0 Å². The second kappa shape index (κ2) is 8.55. The topological polar surface area (TPSA) is 94.2 Å². The van der Waals surface area contributed by atoms with Crippen molar-refractivity contribution in [3.05, 3.63) is 63.6 Å². The summed E-state index contributed by atoms with van der Waals surface area (Å²) in [5.41, 5.74) is 3.80. The van der Waals surface area contributed by atoms with E-state index in [1.165, 1.54) is 7.05 Å². The number of anilines is 1. The summed E-state index contributed by atoms with van der Waals surface area (Å²) < 4.78 is 14.8. The minimum absolute atomic E-state index is 0.0605. The molecule has 4 heterocycles. The fraction of sp³-hybridized carbons (Fsp3) is 0.417. The van der Waals surface area contributed by atoms with Gasteiger partial charge in [0.05, 0.1) is 16.7 Å². The third kappa shape index (κ3) is 3.86. The van der Waals surface area contributed by atoms with Crippen LogP contribution in [0, 0.1) is 5.95 Å². The van der Waals surface area contributed by atoms with E-state index in [1.54, 1.807) is 12.1 Å². The molecule has 1 aliphatic heterocycles. The standard InChI is InChI=1S/C24H27FN6O2/c1-3-15-11-17-18(29-23(15)32)10-14(12-27-17)13-30-8-9-31(20-7-6-19(20)30)21-5-4-16(24(33)26-2)28-22(21)25/h4-5,10-12,19-20H,3,6-9,13H2,1-2H3,(H,26,33)(H,29,32)/t19-,20-/m1/s1. The second-order valence-corrected chi connectivity index (χ2v) is 8.72. The van der Waals surface area contributed by atoms with Crippen LogP contribution in [0.5, 0.6) is 0 Å². The number of amides is 1. The number of H-pyrrole nitrogens is 1. The van der Waals surface area contributed by atoms with E-state index in [0.717, 1.165) is 48.1 Å². The van der Waals surface area contributed by atoms with Crippen molar-refractivity contribution >= 4 is 22.6 Å². The number of halogens is 1. The van der Waals surface area contributed by atoms with E-state index in [2.05, 4.69) is 30.1 Å². The van der Waals surface area contributed by atoms with Crippen molar-refractivity contribution < 1.29 is 9.18 Å². The van der Waals surface area contributed by atoms with Crippen LogP contribution in [0.3, 0.4) is 0 Å². The maximum absolute atomic E-state index is 14.8. The molecule has 5 rings (SSSR count). The highest BCUT2D eigenvalue weighted by Crippen LogP contribution is 2.37. The van der Waals surface area contributed by atoms with Crippen LogP contribution < -0.4 is 15.8 Å². The Morgan fingerprint density at radius 3 is 2.76 bits per heavy atom. The fourth-order valence-electron chi connectivity index (χ4n) is 4.96. The average Bonchev–Trinajstić information content (AvgIpc) is 2.79. The Morgan fingerprint density at radius 1 is 1.24 bits per heavy atom. The molecule has 0 spiro atoms. The molecule has 1 saturated heterocycles. The highest BCUT2D eigenvalue weighted by atomic mass is 19.1. The van der Waals surface area contributed by atoms with Gasteiger partial charge in [-0.25, -0.2) is 4.98 Å². The van der Waals surface area contributed by atoms with E-state index in [-0.39, 0.29) is 17.3 Å². The molecule has 1 amide bonds. The van der Waals surface area contributed by atoms with Gasteiger partial charge in [0.25, 0.3) is 11.5 Å². The number of carbonyl (C=O) groups excluding carboxylic acids is 1. The van der Waals surface area contributed by atoms with E-state index < -0.39 is 11.9 Å². The van der Waals surface area contributed by atoms with Crippen molar-refractivity contribution in [2.24, 2.45) is 0 Å². The molecule has 3 aromatic rings. The Hall–Kier alpha value is -3.33. The predicted octanol–water partition coefficient (Wildman–Crippen LogP) is 2.23. The first-order chi connectivity index (χ1) is 16.0. The van der Waals surface area contributed by atoms with Gasteiger partial charge >= 0.3 is 0 Å². The molecule has 2 fully saturated rings. The van der Waals surface area contributed by atoms with Gasteiger partial charge in [0.2, 0.25) is 5.95 Å². The van der Waals surface area contributed by atoms with Crippen LogP contribution in [0.2, 0.25) is 0 Å². The molecule has 0 aromatic carbocycles. The number of hydrogen-bond donors (Lipinski definition) is 2. The van der Waals surface area contributed by atoms with Gasteiger partial charge in [0.15, 0.2) is 0 Å². The van der Waals surface area contributed by atoms with E-state index in [9.17, 15) is 14.0 Å². The van der Waals surface area contributed by atoms with Crippen LogP contribution in [0.25, 0.3) is 11.0 Å². The lowest BCUT2D eigenvalue weighted by Crippen LogP contribution is -2.64. The summed E-state index contributed by atoms with van der Waals surface area (Å²) in [6.45, 7) is 4.14. The van der Waals surface area contributed by atoms with Crippen LogP contribution in [0.4, 0.5) is 10.1 Å². The molecule has 2 aliphatic rings. The number of aryl methyl sites for hydroxylation is 1. The molecular formula is C24H27FN6O2. The second-order valence-electron chi connectivity index (χ2n) is 8.72. The van der Waals surface area contributed by atoms with E-state index >= 15 is 0 Å². The maximum atomic E-state index is 14.8. The molecule has 1 saturated carbocycles. The van der Waals surface area contributed by atoms with Gasteiger partial charge in [0, 0.05) is 50.5 Å². The Balaban J connectivity index is 1.33. The van der Waals surface area contributed by atoms with Crippen molar-refractivity contribution in [3.8, 4) is 0 Å². The zero-order valence-electron chi connectivity index (χ0n) is 18.8. The summed E-state index contributed by atoms with van der Waals surface area (Å²) >= 11 is 0. The van der Waals surface area contributed by atoms with E-state index in [4.69, 9.17) is 0 Å². The molecule has 0 radical (unpaired) electrons. The van der Waals surface area contributed by atoms with Gasteiger partial charge in [-0.15, -0.1) is 0 Å². The molecule has 172 valence electrons. The minimum Gasteiger partial charge on any atom is -0.362 e. The van der Waals surface area contributed by atoms with Crippen molar-refractivity contribution in [1.29, 1.82) is 0 Å². The number of aromatic nitrogens is 3. The van der Waals surface area contributed by atoms with E-state index in [1.807, 2.05) is 25.3 Å². The van der Waals surface area contributed by atoms with Gasteiger partial charge in [0.1, 0.15) is 5.69 Å². The Bertz CT molecular complexity index is 1280. The quantitative estimate of drug-likeness (QED) is 0.579. The lowest BCUT2D eigenvalue weighted by atomic mass is 9.81. The highest BCUT2D eigenvalue weighted by molar-refractivity contribution is 5.92. The molecule has 2 N–H and O–H groups in total. The normalized spacial score (nSPS) is 20.4. The monoisotopic (exact) mass is 450 g/mol. The first-order valence-electron chi connectivity index (χ1n) is 11.4. The highest BCUT2D eigenvalue weighted by Gasteiger charge is 2.43. The van der Waals surface area contributed by atoms with Gasteiger partial charge in [-0.3, -0.25) is 19.5 Å². The molecular weight excluding hydrogens is 423 g/mol. The summed E-state index contributed by atoms with van der Waals surface area (Å²) in [6, 6.07) is 7.62. The Morgan fingerprint density at radius 2 is 2.06 bits per heavy atom. The largest absolute Gasteiger partial charge is 0.362 e. The number of carbonyl (C=O) groups is 1. The third-order valence-corrected chi connectivity index (χ3v) is 6.89. The van der Waals surface area contributed by atoms with E-state index in [0.29, 0.717) is 24.7 Å². The summed E-state index contributed by atoms with van der Waals surface area (Å²) in [5.74, 6) is -1.01. The lowest BCUT2D eigenvalue weighted by Gasteiger charge is -2.54. The fourth-order valence-corrected chi connectivity index (χ4v) is 4.96. The first kappa shape index (κ1) is 21.5. The molecule has 1 aliphatic carbocycles. The van der Waals surface area contributed by atoms with Gasteiger partial charge in [-0.2, -0.15) is 4.39 Å². The number of nitrogens with one attached hydrogen (secondary N) is 2. The lowest BCUT2D eigenvalue weighted by molar-refractivity contribution is 0.0654. The zero-order valence-corrected chi connectivity index (χ0v) is 18.8. The van der Waals surface area contributed by atoms with Gasteiger partial charge < -0.3 is 15.2 Å². The molecule has 2 atom stereocenters. The van der Waals surface area contributed by atoms with Crippen LogP contribution in [0.15, 0.2) is 35.3 Å². The molecule has 8 nitrogen and oxygen atoms in total. The van der Waals surface area contributed by atoms with Gasteiger partial charge in [-0.1, -0.05) is 6.92 Å². The van der Waals surface area contributed by atoms with Crippen molar-refractivity contribution in [2.75, 3.05) is 25.0 Å². The van der Waals surface area contributed by atoms with Crippen LogP contribution in [-0.4, -0.2) is 58.0 Å². The summed E-state index contributed by atoms with van der Waals surface area (Å²) in [6.07, 6.45) is 4.58. The third-order valence-electron chi connectivity index (χ3n) is 6.89. The van der Waals surface area contributed by atoms with Crippen molar-refractivity contribution in [1.82, 2.24) is 25.2 Å². The number of hydrogen-bond acceptors (Lipinski definition) is 6. The summed E-state index contributed by atoms with van der Waals surface area (Å²) in [4.78, 5) is 39.8. The Kier molecular flexibility index (Phi) is 5.57. The zero-order chi connectivity index (χ0) is 23.1. The smallest absolute Gasteiger partial charge is 0.269 e. The maximum Gasteiger partial charge on any atom is 0.269 e. The molecule has 0 bridgehead atoms. The molecule has 33 heavy (non-hydrogen) atoms. The number of piperazine rings is 1. The SMILES string of the molecule is CCc1cc2ncc(CN3CCN(c4ccc(C(=O)NC)nc4F)[C@@H]4CC[C@H]43)cc2[nH]c1=O. The predicted molar refractivity (Wildman–Crippen MR) is 124 cm³/mol. The molecule has 9 heteroatoms. The number of fused-ring (bicyclic) bond motifs is 2.